The first-order valence-electron chi connectivity index (χ1n) is 10.7. The van der Waals surface area contributed by atoms with Gasteiger partial charge in [-0.2, -0.15) is 17.9 Å². The fraction of sp³-hybridized carbons (Fsp3) is 0.231. The summed E-state index contributed by atoms with van der Waals surface area (Å²) >= 11 is 0. The summed E-state index contributed by atoms with van der Waals surface area (Å²) in [7, 11) is 0. The highest BCUT2D eigenvalue weighted by molar-refractivity contribution is 5.83. The molecule has 0 aliphatic rings. The van der Waals surface area contributed by atoms with Crippen molar-refractivity contribution in [3.63, 3.8) is 0 Å². The SMILES string of the molecule is FC(F)(F)COc1cccc(CNCCc2cn(OCc3ccccc3)c3ccccc23)c1. The van der Waals surface area contributed by atoms with Gasteiger partial charge in [-0.3, -0.25) is 0 Å². The molecule has 0 amide bonds. The molecular formula is C26H25F3N2O2. The molecule has 0 atom stereocenters. The topological polar surface area (TPSA) is 35.4 Å². The third-order valence-electron chi connectivity index (χ3n) is 5.17. The molecule has 4 aromatic rings. The van der Waals surface area contributed by atoms with Gasteiger partial charge >= 0.3 is 6.18 Å². The third-order valence-corrected chi connectivity index (χ3v) is 5.17. The summed E-state index contributed by atoms with van der Waals surface area (Å²) < 4.78 is 43.7. The van der Waals surface area contributed by atoms with Gasteiger partial charge in [0, 0.05) is 18.1 Å². The van der Waals surface area contributed by atoms with Crippen LogP contribution >= 0.6 is 0 Å². The number of hydrogen-bond donors (Lipinski definition) is 1. The zero-order valence-electron chi connectivity index (χ0n) is 18.0. The minimum atomic E-state index is -4.35. The molecule has 3 aromatic carbocycles. The summed E-state index contributed by atoms with van der Waals surface area (Å²) in [5.74, 6) is 0.213. The Morgan fingerprint density at radius 2 is 1.61 bits per heavy atom. The van der Waals surface area contributed by atoms with E-state index in [4.69, 9.17) is 9.57 Å². The maximum atomic E-state index is 12.4. The first-order valence-corrected chi connectivity index (χ1v) is 10.7. The quantitative estimate of drug-likeness (QED) is 0.320. The van der Waals surface area contributed by atoms with Crippen LogP contribution in [-0.2, 0) is 19.6 Å². The van der Waals surface area contributed by atoms with E-state index < -0.39 is 12.8 Å². The number of para-hydroxylation sites is 1. The number of nitrogens with zero attached hydrogens (tertiary/aromatic N) is 1. The molecule has 0 spiro atoms. The maximum absolute atomic E-state index is 12.4. The lowest BCUT2D eigenvalue weighted by Gasteiger charge is -2.10. The molecular weight excluding hydrogens is 429 g/mol. The Kier molecular flexibility index (Phi) is 7.19. The zero-order chi connectivity index (χ0) is 23.1. The monoisotopic (exact) mass is 454 g/mol. The Labute approximate surface area is 190 Å². The molecule has 33 heavy (non-hydrogen) atoms. The van der Waals surface area contributed by atoms with Crippen molar-refractivity contribution in [1.29, 1.82) is 0 Å². The molecule has 0 unspecified atom stereocenters. The van der Waals surface area contributed by atoms with E-state index in [1.165, 1.54) is 6.07 Å². The van der Waals surface area contributed by atoms with Crippen LogP contribution in [0.4, 0.5) is 13.2 Å². The number of rotatable bonds is 10. The zero-order valence-corrected chi connectivity index (χ0v) is 18.0. The first kappa shape index (κ1) is 22.7. The minimum absolute atomic E-state index is 0.213. The predicted molar refractivity (Wildman–Crippen MR) is 122 cm³/mol. The van der Waals surface area contributed by atoms with Crippen molar-refractivity contribution >= 4 is 10.9 Å². The van der Waals surface area contributed by atoms with E-state index in [0.717, 1.165) is 34.0 Å². The number of ether oxygens (including phenoxy) is 1. The standard InChI is InChI=1S/C26H25F3N2O2/c27-26(28,29)19-32-23-10-6-9-21(15-23)16-30-14-13-22-17-31(25-12-5-4-11-24(22)25)33-18-20-7-2-1-3-8-20/h1-12,15,17,30H,13-14,16,18-19H2. The molecule has 4 nitrogen and oxygen atoms in total. The Morgan fingerprint density at radius 3 is 2.42 bits per heavy atom. The number of aromatic nitrogens is 1. The third kappa shape index (κ3) is 6.52. The van der Waals surface area contributed by atoms with Crippen molar-refractivity contribution in [2.75, 3.05) is 13.2 Å². The van der Waals surface area contributed by atoms with E-state index >= 15 is 0 Å². The number of hydrogen-bond acceptors (Lipinski definition) is 3. The summed E-state index contributed by atoms with van der Waals surface area (Å²) in [6.07, 6.45) is -1.55. The Hall–Kier alpha value is -3.45. The largest absolute Gasteiger partial charge is 0.484 e. The fourth-order valence-corrected chi connectivity index (χ4v) is 3.61. The molecule has 0 saturated carbocycles. The Morgan fingerprint density at radius 1 is 0.848 bits per heavy atom. The molecule has 1 N–H and O–H groups in total. The number of benzene rings is 3. The van der Waals surface area contributed by atoms with Crippen molar-refractivity contribution in [2.45, 2.75) is 25.7 Å². The van der Waals surface area contributed by atoms with Crippen LogP contribution in [0, 0.1) is 0 Å². The van der Waals surface area contributed by atoms with Crippen molar-refractivity contribution in [3.05, 3.63) is 102 Å². The first-order chi connectivity index (χ1) is 16.0. The average molecular weight is 454 g/mol. The summed E-state index contributed by atoms with van der Waals surface area (Å²) in [4.78, 5) is 6.02. The van der Waals surface area contributed by atoms with Crippen LogP contribution in [0.3, 0.4) is 0 Å². The van der Waals surface area contributed by atoms with Gasteiger partial charge in [0.05, 0.1) is 5.52 Å². The van der Waals surface area contributed by atoms with Crippen molar-refractivity contribution in [3.8, 4) is 5.75 Å². The fourth-order valence-electron chi connectivity index (χ4n) is 3.61. The van der Waals surface area contributed by atoms with Gasteiger partial charge in [-0.1, -0.05) is 60.7 Å². The van der Waals surface area contributed by atoms with Crippen LogP contribution in [0.1, 0.15) is 16.7 Å². The van der Waals surface area contributed by atoms with E-state index in [1.807, 2.05) is 65.5 Å². The predicted octanol–water partition coefficient (Wildman–Crippen LogP) is 5.54. The molecule has 0 radical (unpaired) electrons. The second-order valence-electron chi connectivity index (χ2n) is 7.73. The van der Waals surface area contributed by atoms with Gasteiger partial charge in [-0.15, -0.1) is 0 Å². The van der Waals surface area contributed by atoms with Gasteiger partial charge in [0.25, 0.3) is 0 Å². The van der Waals surface area contributed by atoms with Crippen LogP contribution < -0.4 is 14.9 Å². The second-order valence-corrected chi connectivity index (χ2v) is 7.73. The highest BCUT2D eigenvalue weighted by Crippen LogP contribution is 2.22. The Balaban J connectivity index is 1.33. The molecule has 0 saturated heterocycles. The number of fused-ring (bicyclic) bond motifs is 1. The van der Waals surface area contributed by atoms with Gasteiger partial charge in [-0.25, -0.2) is 0 Å². The lowest BCUT2D eigenvalue weighted by atomic mass is 10.1. The summed E-state index contributed by atoms with van der Waals surface area (Å²) in [6.45, 7) is 0.428. The molecule has 0 aliphatic carbocycles. The van der Waals surface area contributed by atoms with Crippen molar-refractivity contribution < 1.29 is 22.7 Å². The van der Waals surface area contributed by atoms with Crippen LogP contribution in [0.5, 0.6) is 5.75 Å². The molecule has 172 valence electrons. The molecule has 1 heterocycles. The Bertz CT molecular complexity index is 1170. The summed E-state index contributed by atoms with van der Waals surface area (Å²) in [5.41, 5.74) is 4.13. The molecule has 0 fully saturated rings. The molecule has 1 aromatic heterocycles. The van der Waals surface area contributed by atoms with E-state index in [2.05, 4.69) is 11.4 Å². The van der Waals surface area contributed by atoms with Crippen LogP contribution in [-0.4, -0.2) is 24.1 Å². The second kappa shape index (κ2) is 10.4. The van der Waals surface area contributed by atoms with Gasteiger partial charge < -0.3 is 14.9 Å². The minimum Gasteiger partial charge on any atom is -0.484 e. The smallest absolute Gasteiger partial charge is 0.422 e. The number of halogens is 3. The molecule has 0 aliphatic heterocycles. The van der Waals surface area contributed by atoms with Crippen molar-refractivity contribution in [2.24, 2.45) is 0 Å². The summed E-state index contributed by atoms with van der Waals surface area (Å²) in [5, 5.41) is 4.49. The highest BCUT2D eigenvalue weighted by atomic mass is 19.4. The van der Waals surface area contributed by atoms with E-state index in [1.54, 1.807) is 12.1 Å². The van der Waals surface area contributed by atoms with Gasteiger partial charge in [0.1, 0.15) is 12.4 Å². The average Bonchev–Trinajstić information content (AvgIpc) is 3.17. The van der Waals surface area contributed by atoms with Crippen molar-refractivity contribution in [1.82, 2.24) is 10.0 Å². The number of alkyl halides is 3. The number of nitrogens with one attached hydrogen (secondary N) is 1. The molecule has 4 rings (SSSR count). The summed E-state index contributed by atoms with van der Waals surface area (Å²) in [6, 6.07) is 24.8. The van der Waals surface area contributed by atoms with Crippen LogP contribution in [0.15, 0.2) is 85.1 Å². The van der Waals surface area contributed by atoms with E-state index in [-0.39, 0.29) is 5.75 Å². The lowest BCUT2D eigenvalue weighted by molar-refractivity contribution is -0.153. The maximum Gasteiger partial charge on any atom is 0.422 e. The molecule has 7 heteroatoms. The van der Waals surface area contributed by atoms with Crippen LogP contribution in [0.25, 0.3) is 10.9 Å². The van der Waals surface area contributed by atoms with Crippen LogP contribution in [0.2, 0.25) is 0 Å². The van der Waals surface area contributed by atoms with Gasteiger partial charge in [0.15, 0.2) is 6.61 Å². The lowest BCUT2D eigenvalue weighted by Crippen LogP contribution is -2.19. The highest BCUT2D eigenvalue weighted by Gasteiger charge is 2.28. The van der Waals surface area contributed by atoms with E-state index in [0.29, 0.717) is 19.7 Å². The molecule has 0 bridgehead atoms. The van der Waals surface area contributed by atoms with Gasteiger partial charge in [0.2, 0.25) is 0 Å². The van der Waals surface area contributed by atoms with Gasteiger partial charge in [-0.05, 0) is 47.9 Å². The van der Waals surface area contributed by atoms with E-state index in [9.17, 15) is 13.2 Å². The normalized spacial score (nSPS) is 11.6.